The lowest BCUT2D eigenvalue weighted by Gasteiger charge is -2.37. The van der Waals surface area contributed by atoms with Gasteiger partial charge in [-0.25, -0.2) is 0 Å². The van der Waals surface area contributed by atoms with Crippen LogP contribution < -0.4 is 10.6 Å². The van der Waals surface area contributed by atoms with E-state index in [1.807, 2.05) is 0 Å². The lowest BCUT2D eigenvalue weighted by Crippen LogP contribution is -2.46. The molecule has 3 nitrogen and oxygen atoms in total. The Morgan fingerprint density at radius 3 is 2.53 bits per heavy atom. The quantitative estimate of drug-likeness (QED) is 0.911. The van der Waals surface area contributed by atoms with Gasteiger partial charge >= 0.3 is 0 Å². The second-order valence-electron chi connectivity index (χ2n) is 4.80. The third kappa shape index (κ3) is 1.95. The number of halogens is 1. The van der Waals surface area contributed by atoms with Crippen LogP contribution in [0.3, 0.4) is 0 Å². The lowest BCUT2D eigenvalue weighted by molar-refractivity contribution is 0.271. The Morgan fingerprint density at radius 1 is 1.24 bits per heavy atom. The summed E-state index contributed by atoms with van der Waals surface area (Å²) in [6.07, 6.45) is 4.00. The van der Waals surface area contributed by atoms with Crippen LogP contribution in [0.4, 0.5) is 5.69 Å². The van der Waals surface area contributed by atoms with Gasteiger partial charge < -0.3 is 10.6 Å². The number of anilines is 1. The van der Waals surface area contributed by atoms with Gasteiger partial charge in [0.2, 0.25) is 0 Å². The molecule has 0 aromatic heterocycles. The maximum atomic E-state index is 6.02. The van der Waals surface area contributed by atoms with Gasteiger partial charge in [0.1, 0.15) is 0 Å². The van der Waals surface area contributed by atoms with Crippen LogP contribution in [0.5, 0.6) is 0 Å². The van der Waals surface area contributed by atoms with Crippen LogP contribution in [0.25, 0.3) is 0 Å². The zero-order chi connectivity index (χ0) is 11.8. The third-order valence-electron chi connectivity index (χ3n) is 3.82. The van der Waals surface area contributed by atoms with E-state index in [-0.39, 0.29) is 0 Å². The molecule has 0 spiro atoms. The van der Waals surface area contributed by atoms with Crippen molar-refractivity contribution in [1.82, 2.24) is 0 Å². The van der Waals surface area contributed by atoms with Crippen molar-refractivity contribution in [3.05, 3.63) is 28.7 Å². The number of aliphatic imine (C=N–C) groups is 1. The van der Waals surface area contributed by atoms with E-state index in [2.05, 4.69) is 50.1 Å². The van der Waals surface area contributed by atoms with Crippen LogP contribution in [0.15, 0.2) is 33.7 Å². The molecule has 0 radical (unpaired) electrons. The summed E-state index contributed by atoms with van der Waals surface area (Å²) in [5.41, 5.74) is 7.18. The normalized spacial score (nSPS) is 24.6. The minimum atomic E-state index is 0.477. The standard InChI is InChI=1S/C13H16BrN3/c14-10-4-6-11(7-5-10)17-12(8-16-13(17)15)9-2-1-3-9/h4-7,9,12H,1-3,8H2,(H2,15,16). The largest absolute Gasteiger partial charge is 0.370 e. The van der Waals surface area contributed by atoms with E-state index >= 15 is 0 Å². The van der Waals surface area contributed by atoms with Crippen LogP contribution in [0, 0.1) is 5.92 Å². The third-order valence-corrected chi connectivity index (χ3v) is 4.35. The molecule has 2 aliphatic rings. The number of nitrogens with two attached hydrogens (primary N) is 1. The summed E-state index contributed by atoms with van der Waals surface area (Å²) >= 11 is 3.46. The molecule has 1 aromatic carbocycles. The molecule has 3 rings (SSSR count). The van der Waals surface area contributed by atoms with E-state index in [1.54, 1.807) is 0 Å². The first-order valence-corrected chi connectivity index (χ1v) is 6.90. The van der Waals surface area contributed by atoms with Gasteiger partial charge in [-0.2, -0.15) is 0 Å². The molecule has 2 N–H and O–H groups in total. The van der Waals surface area contributed by atoms with Crippen LogP contribution in [0.2, 0.25) is 0 Å². The Hall–Kier alpha value is -1.03. The van der Waals surface area contributed by atoms with Gasteiger partial charge in [-0.15, -0.1) is 0 Å². The first kappa shape index (κ1) is 11.1. The summed E-state index contributed by atoms with van der Waals surface area (Å²) in [6.45, 7) is 0.854. The Morgan fingerprint density at radius 2 is 1.94 bits per heavy atom. The van der Waals surface area contributed by atoms with Gasteiger partial charge in [-0.1, -0.05) is 22.4 Å². The second kappa shape index (κ2) is 4.33. The topological polar surface area (TPSA) is 41.6 Å². The van der Waals surface area contributed by atoms with E-state index in [4.69, 9.17) is 5.73 Å². The van der Waals surface area contributed by atoms with Crippen molar-refractivity contribution in [2.75, 3.05) is 11.4 Å². The minimum Gasteiger partial charge on any atom is -0.370 e. The Bertz CT molecular complexity index is 436. The predicted molar refractivity (Wildman–Crippen MR) is 74.2 cm³/mol. The summed E-state index contributed by atoms with van der Waals surface area (Å²) in [5.74, 6) is 1.44. The molecule has 17 heavy (non-hydrogen) atoms. The SMILES string of the molecule is NC1=NCC(C2CCC2)N1c1ccc(Br)cc1. The highest BCUT2D eigenvalue weighted by Crippen LogP contribution is 2.36. The molecule has 1 aliphatic heterocycles. The van der Waals surface area contributed by atoms with Crippen molar-refractivity contribution >= 4 is 27.6 Å². The molecule has 1 heterocycles. The van der Waals surface area contributed by atoms with E-state index in [0.717, 1.165) is 22.6 Å². The summed E-state index contributed by atoms with van der Waals surface area (Å²) in [4.78, 5) is 6.61. The zero-order valence-corrected chi connectivity index (χ0v) is 11.2. The van der Waals surface area contributed by atoms with Gasteiger partial charge in [0.05, 0.1) is 12.6 Å². The fraction of sp³-hybridized carbons (Fsp3) is 0.462. The van der Waals surface area contributed by atoms with E-state index < -0.39 is 0 Å². The highest BCUT2D eigenvalue weighted by molar-refractivity contribution is 9.10. The first-order chi connectivity index (χ1) is 8.25. The van der Waals surface area contributed by atoms with Crippen molar-refractivity contribution < 1.29 is 0 Å². The van der Waals surface area contributed by atoms with Crippen molar-refractivity contribution in [3.8, 4) is 0 Å². The number of hydrogen-bond acceptors (Lipinski definition) is 3. The fourth-order valence-corrected chi connectivity index (χ4v) is 2.89. The van der Waals surface area contributed by atoms with Gasteiger partial charge in [-0.05, 0) is 43.0 Å². The van der Waals surface area contributed by atoms with Crippen LogP contribution in [-0.4, -0.2) is 18.5 Å². The van der Waals surface area contributed by atoms with Crippen LogP contribution in [-0.2, 0) is 0 Å². The number of hydrogen-bond donors (Lipinski definition) is 1. The average molecular weight is 294 g/mol. The minimum absolute atomic E-state index is 0.477. The molecule has 90 valence electrons. The van der Waals surface area contributed by atoms with Gasteiger partial charge in [-0.3, -0.25) is 4.99 Å². The fourth-order valence-electron chi connectivity index (χ4n) is 2.62. The lowest BCUT2D eigenvalue weighted by atomic mass is 9.79. The molecular weight excluding hydrogens is 278 g/mol. The zero-order valence-electron chi connectivity index (χ0n) is 9.64. The highest BCUT2D eigenvalue weighted by atomic mass is 79.9. The number of benzene rings is 1. The van der Waals surface area contributed by atoms with Gasteiger partial charge in [0.25, 0.3) is 0 Å². The van der Waals surface area contributed by atoms with Crippen LogP contribution in [0.1, 0.15) is 19.3 Å². The molecule has 1 aromatic rings. The average Bonchev–Trinajstić information content (AvgIpc) is 2.60. The summed E-state index contributed by atoms with van der Waals surface area (Å²) < 4.78 is 1.09. The molecule has 1 atom stereocenters. The van der Waals surface area contributed by atoms with Crippen molar-refractivity contribution in [3.63, 3.8) is 0 Å². The van der Waals surface area contributed by atoms with E-state index in [9.17, 15) is 0 Å². The molecule has 4 heteroatoms. The molecule has 1 saturated carbocycles. The van der Waals surface area contributed by atoms with Crippen molar-refractivity contribution in [1.29, 1.82) is 0 Å². The number of rotatable bonds is 2. The van der Waals surface area contributed by atoms with Gasteiger partial charge in [0, 0.05) is 10.2 Å². The molecule has 1 fully saturated rings. The molecule has 0 saturated heterocycles. The van der Waals surface area contributed by atoms with E-state index in [0.29, 0.717) is 12.0 Å². The van der Waals surface area contributed by atoms with Crippen molar-refractivity contribution in [2.24, 2.45) is 16.6 Å². The summed E-state index contributed by atoms with van der Waals surface area (Å²) in [5, 5.41) is 0. The molecule has 0 amide bonds. The molecular formula is C13H16BrN3. The molecule has 1 unspecified atom stereocenters. The Balaban J connectivity index is 1.87. The highest BCUT2D eigenvalue weighted by Gasteiger charge is 2.36. The summed E-state index contributed by atoms with van der Waals surface area (Å²) in [6, 6.07) is 8.79. The smallest absolute Gasteiger partial charge is 0.196 e. The predicted octanol–water partition coefficient (Wildman–Crippen LogP) is 2.75. The molecule has 0 bridgehead atoms. The first-order valence-electron chi connectivity index (χ1n) is 6.10. The van der Waals surface area contributed by atoms with Gasteiger partial charge in [0.15, 0.2) is 5.96 Å². The maximum Gasteiger partial charge on any atom is 0.196 e. The Kier molecular flexibility index (Phi) is 2.82. The van der Waals surface area contributed by atoms with Crippen molar-refractivity contribution in [2.45, 2.75) is 25.3 Å². The maximum absolute atomic E-state index is 6.02. The second-order valence-corrected chi connectivity index (χ2v) is 5.72. The number of guanidine groups is 1. The number of nitrogens with zero attached hydrogens (tertiary/aromatic N) is 2. The Labute approximate surface area is 110 Å². The molecule has 1 aliphatic carbocycles. The summed E-state index contributed by atoms with van der Waals surface area (Å²) in [7, 11) is 0. The van der Waals surface area contributed by atoms with E-state index in [1.165, 1.54) is 19.3 Å². The van der Waals surface area contributed by atoms with Crippen LogP contribution >= 0.6 is 15.9 Å². The monoisotopic (exact) mass is 293 g/mol.